The highest BCUT2D eigenvalue weighted by atomic mass is 16.5. The summed E-state index contributed by atoms with van der Waals surface area (Å²) in [6.45, 7) is 4.76. The highest BCUT2D eigenvalue weighted by Gasteiger charge is 2.38. The number of hydrogen-bond donors (Lipinski definition) is 0. The second-order valence-corrected chi connectivity index (χ2v) is 9.37. The van der Waals surface area contributed by atoms with Gasteiger partial charge in [-0.1, -0.05) is 80.6 Å². The van der Waals surface area contributed by atoms with Crippen molar-refractivity contribution in [2.24, 2.45) is 0 Å². The highest BCUT2D eigenvalue weighted by Crippen LogP contribution is 2.41. The van der Waals surface area contributed by atoms with Gasteiger partial charge < -0.3 is 14.2 Å². The van der Waals surface area contributed by atoms with E-state index in [9.17, 15) is 9.59 Å². The summed E-state index contributed by atoms with van der Waals surface area (Å²) in [5.41, 5.74) is 2.96. The molecule has 0 saturated carbocycles. The van der Waals surface area contributed by atoms with Crippen LogP contribution in [0, 0.1) is 0 Å². The quantitative estimate of drug-likeness (QED) is 0.113. The molecular formula is C35H37NO5. The lowest BCUT2D eigenvalue weighted by Gasteiger charge is -2.36. The number of carbonyl (C=O) groups is 2. The SMILES string of the molecule is CC.COc1ccc(C(OCCCCN2C(=O)c3ccccc3C2=O)(c2ccccc2)c2ccc(OC)cc2)cc1. The van der Waals surface area contributed by atoms with Crippen LogP contribution in [0.3, 0.4) is 0 Å². The Kier molecular flexibility index (Phi) is 9.93. The fourth-order valence-corrected chi connectivity index (χ4v) is 5.11. The van der Waals surface area contributed by atoms with E-state index in [1.54, 1.807) is 38.5 Å². The number of imide groups is 1. The van der Waals surface area contributed by atoms with Gasteiger partial charge >= 0.3 is 0 Å². The van der Waals surface area contributed by atoms with Gasteiger partial charge in [0.25, 0.3) is 11.8 Å². The van der Waals surface area contributed by atoms with Crippen molar-refractivity contribution in [3.8, 4) is 11.5 Å². The summed E-state index contributed by atoms with van der Waals surface area (Å²) < 4.78 is 17.7. The first-order valence-corrected chi connectivity index (χ1v) is 14.0. The van der Waals surface area contributed by atoms with E-state index >= 15 is 0 Å². The molecule has 4 aromatic rings. The zero-order valence-corrected chi connectivity index (χ0v) is 24.1. The molecule has 41 heavy (non-hydrogen) atoms. The number of hydrogen-bond acceptors (Lipinski definition) is 5. The molecule has 6 nitrogen and oxygen atoms in total. The Morgan fingerprint density at radius 2 is 1.02 bits per heavy atom. The standard InChI is InChI=1S/C33H31NO5.C2H6/c1-37-27-18-14-25(15-19-27)33(24-10-4-3-5-11-24,26-16-20-28(38-2)21-17-26)39-23-9-8-22-34-31(35)29-12-6-7-13-30(29)32(34)36;1-2/h3-7,10-21H,8-9,22-23H2,1-2H3;1-2H3. The molecule has 4 aromatic carbocycles. The van der Waals surface area contributed by atoms with E-state index in [4.69, 9.17) is 14.2 Å². The average molecular weight is 552 g/mol. The first kappa shape index (κ1) is 29.6. The van der Waals surface area contributed by atoms with E-state index in [1.165, 1.54) is 4.90 Å². The van der Waals surface area contributed by atoms with E-state index in [-0.39, 0.29) is 11.8 Å². The predicted octanol–water partition coefficient (Wildman–Crippen LogP) is 7.11. The van der Waals surface area contributed by atoms with Crippen molar-refractivity contribution in [3.63, 3.8) is 0 Å². The summed E-state index contributed by atoms with van der Waals surface area (Å²) in [5, 5.41) is 0. The monoisotopic (exact) mass is 551 g/mol. The van der Waals surface area contributed by atoms with Crippen LogP contribution in [0.5, 0.6) is 11.5 Å². The number of unbranched alkanes of at least 4 members (excludes halogenated alkanes) is 1. The Balaban J connectivity index is 0.00000189. The second kappa shape index (κ2) is 13.8. The van der Waals surface area contributed by atoms with Gasteiger partial charge in [0, 0.05) is 13.2 Å². The van der Waals surface area contributed by atoms with Crippen LogP contribution in [0.1, 0.15) is 64.1 Å². The smallest absolute Gasteiger partial charge is 0.261 e. The lowest BCUT2D eigenvalue weighted by molar-refractivity contribution is 0.00994. The summed E-state index contributed by atoms with van der Waals surface area (Å²) >= 11 is 0. The fraction of sp³-hybridized carbons (Fsp3) is 0.257. The van der Waals surface area contributed by atoms with Gasteiger partial charge in [-0.3, -0.25) is 14.5 Å². The van der Waals surface area contributed by atoms with Crippen LogP contribution < -0.4 is 9.47 Å². The molecule has 0 N–H and O–H groups in total. The number of amides is 2. The lowest BCUT2D eigenvalue weighted by Crippen LogP contribution is -2.34. The van der Waals surface area contributed by atoms with Gasteiger partial charge in [-0.25, -0.2) is 0 Å². The number of benzene rings is 4. The number of nitrogens with zero attached hydrogens (tertiary/aromatic N) is 1. The summed E-state index contributed by atoms with van der Waals surface area (Å²) in [4.78, 5) is 26.8. The minimum absolute atomic E-state index is 0.230. The van der Waals surface area contributed by atoms with Crippen LogP contribution in [-0.4, -0.2) is 44.1 Å². The number of fused-ring (bicyclic) bond motifs is 1. The third kappa shape index (κ3) is 6.03. The molecule has 6 heteroatoms. The minimum Gasteiger partial charge on any atom is -0.497 e. The van der Waals surface area contributed by atoms with Crippen molar-refractivity contribution in [1.29, 1.82) is 0 Å². The number of ether oxygens (including phenoxy) is 3. The van der Waals surface area contributed by atoms with Crippen molar-refractivity contribution in [2.45, 2.75) is 32.3 Å². The van der Waals surface area contributed by atoms with E-state index in [0.717, 1.165) is 28.2 Å². The van der Waals surface area contributed by atoms with Gasteiger partial charge in [-0.15, -0.1) is 0 Å². The zero-order chi connectivity index (χ0) is 29.2. The van der Waals surface area contributed by atoms with Crippen LogP contribution in [-0.2, 0) is 10.3 Å². The molecule has 0 fully saturated rings. The molecule has 1 heterocycles. The van der Waals surface area contributed by atoms with Crippen LogP contribution in [0.25, 0.3) is 0 Å². The summed E-state index contributed by atoms with van der Waals surface area (Å²) in [6, 6.07) is 32.9. The van der Waals surface area contributed by atoms with Gasteiger partial charge in [0.2, 0.25) is 0 Å². The minimum atomic E-state index is -0.894. The second-order valence-electron chi connectivity index (χ2n) is 9.37. The topological polar surface area (TPSA) is 65.1 Å². The number of rotatable bonds is 11. The summed E-state index contributed by atoms with van der Waals surface area (Å²) in [7, 11) is 3.29. The Morgan fingerprint density at radius 1 is 0.585 bits per heavy atom. The lowest BCUT2D eigenvalue weighted by atomic mass is 9.80. The molecule has 0 atom stereocenters. The van der Waals surface area contributed by atoms with Crippen LogP contribution in [0.15, 0.2) is 103 Å². The highest BCUT2D eigenvalue weighted by molar-refractivity contribution is 6.21. The molecule has 5 rings (SSSR count). The van der Waals surface area contributed by atoms with E-state index in [1.807, 2.05) is 80.6 Å². The van der Waals surface area contributed by atoms with E-state index in [2.05, 4.69) is 12.1 Å². The molecule has 0 radical (unpaired) electrons. The van der Waals surface area contributed by atoms with Crippen molar-refractivity contribution >= 4 is 11.8 Å². The molecule has 0 unspecified atom stereocenters. The third-order valence-corrected chi connectivity index (χ3v) is 7.15. The van der Waals surface area contributed by atoms with E-state index < -0.39 is 5.60 Å². The molecule has 2 amide bonds. The van der Waals surface area contributed by atoms with Crippen molar-refractivity contribution in [3.05, 3.63) is 131 Å². The first-order valence-electron chi connectivity index (χ1n) is 14.0. The molecule has 1 aliphatic rings. The molecular weight excluding hydrogens is 514 g/mol. The molecule has 0 aliphatic carbocycles. The largest absolute Gasteiger partial charge is 0.497 e. The van der Waals surface area contributed by atoms with Crippen molar-refractivity contribution in [2.75, 3.05) is 27.4 Å². The van der Waals surface area contributed by atoms with Crippen LogP contribution in [0.4, 0.5) is 0 Å². The fourth-order valence-electron chi connectivity index (χ4n) is 5.11. The Labute approximate surface area is 242 Å². The van der Waals surface area contributed by atoms with Gasteiger partial charge in [-0.05, 0) is 65.9 Å². The van der Waals surface area contributed by atoms with E-state index in [0.29, 0.717) is 37.1 Å². The normalized spacial score (nSPS) is 12.4. The Morgan fingerprint density at radius 3 is 1.49 bits per heavy atom. The van der Waals surface area contributed by atoms with Gasteiger partial charge in [-0.2, -0.15) is 0 Å². The maximum Gasteiger partial charge on any atom is 0.261 e. The zero-order valence-electron chi connectivity index (χ0n) is 24.1. The van der Waals surface area contributed by atoms with Crippen molar-refractivity contribution in [1.82, 2.24) is 4.90 Å². The van der Waals surface area contributed by atoms with Crippen molar-refractivity contribution < 1.29 is 23.8 Å². The van der Waals surface area contributed by atoms with Gasteiger partial charge in [0.1, 0.15) is 17.1 Å². The maximum atomic E-state index is 12.7. The Hall–Kier alpha value is -4.42. The third-order valence-electron chi connectivity index (χ3n) is 7.15. The first-order chi connectivity index (χ1) is 20.1. The van der Waals surface area contributed by atoms with Crippen LogP contribution in [0.2, 0.25) is 0 Å². The molecule has 0 aromatic heterocycles. The number of methoxy groups -OCH3 is 2. The van der Waals surface area contributed by atoms with Crippen LogP contribution >= 0.6 is 0 Å². The average Bonchev–Trinajstić information content (AvgIpc) is 3.29. The predicted molar refractivity (Wildman–Crippen MR) is 161 cm³/mol. The summed E-state index contributed by atoms with van der Waals surface area (Å²) in [6.07, 6.45) is 1.29. The molecule has 1 aliphatic heterocycles. The van der Waals surface area contributed by atoms with Gasteiger partial charge in [0.05, 0.1) is 25.3 Å². The molecule has 0 saturated heterocycles. The number of carbonyl (C=O) groups excluding carboxylic acids is 2. The molecule has 212 valence electrons. The Bertz CT molecular complexity index is 1350. The molecule has 0 bridgehead atoms. The maximum absolute atomic E-state index is 12.7. The summed E-state index contributed by atoms with van der Waals surface area (Å²) in [5.74, 6) is 1.06. The van der Waals surface area contributed by atoms with Gasteiger partial charge in [0.15, 0.2) is 0 Å². The molecule has 0 spiro atoms.